The highest BCUT2D eigenvalue weighted by molar-refractivity contribution is 4.67. The first-order valence-corrected chi connectivity index (χ1v) is 4.62. The number of hydrogen-bond acceptors (Lipinski definition) is 2. The Hall–Kier alpha value is -0.220. The van der Waals surface area contributed by atoms with E-state index < -0.39 is 12.5 Å². The predicted octanol–water partition coefficient (Wildman–Crippen LogP) is 1.59. The topological polar surface area (TPSA) is 23.5 Å². The Morgan fingerprint density at radius 3 is 2.23 bits per heavy atom. The second-order valence-electron chi connectivity index (χ2n) is 3.57. The van der Waals surface area contributed by atoms with Crippen LogP contribution in [0, 0.1) is 5.92 Å². The summed E-state index contributed by atoms with van der Waals surface area (Å²) < 4.78 is 23.8. The van der Waals surface area contributed by atoms with Crippen LogP contribution in [0.25, 0.3) is 0 Å². The zero-order valence-electron chi connectivity index (χ0n) is 8.50. The maximum Gasteiger partial charge on any atom is 0.251 e. The summed E-state index contributed by atoms with van der Waals surface area (Å²) in [6.45, 7) is 3.94. The summed E-state index contributed by atoms with van der Waals surface area (Å²) >= 11 is 0. The summed E-state index contributed by atoms with van der Waals surface area (Å²) in [6, 6.07) is 0. The molecule has 0 radical (unpaired) electrons. The molecule has 80 valence electrons. The highest BCUT2D eigenvalue weighted by Gasteiger charge is 2.16. The molecule has 0 saturated heterocycles. The first-order chi connectivity index (χ1) is 5.97. The fourth-order valence-corrected chi connectivity index (χ4v) is 1.08. The van der Waals surface area contributed by atoms with Crippen molar-refractivity contribution in [3.05, 3.63) is 0 Å². The first kappa shape index (κ1) is 12.8. The van der Waals surface area contributed by atoms with E-state index in [9.17, 15) is 13.9 Å². The lowest BCUT2D eigenvalue weighted by Crippen LogP contribution is -2.35. The van der Waals surface area contributed by atoms with Crippen LogP contribution in [0.5, 0.6) is 0 Å². The zero-order valence-corrected chi connectivity index (χ0v) is 8.50. The molecule has 0 aromatic heterocycles. The summed E-state index contributed by atoms with van der Waals surface area (Å²) in [7, 11) is 1.60. The van der Waals surface area contributed by atoms with Gasteiger partial charge in [-0.3, -0.25) is 4.90 Å². The van der Waals surface area contributed by atoms with E-state index in [1.165, 1.54) is 4.90 Å². The Morgan fingerprint density at radius 1 is 1.31 bits per heavy atom. The van der Waals surface area contributed by atoms with Crippen molar-refractivity contribution in [2.45, 2.75) is 32.8 Å². The molecule has 0 bridgehead atoms. The van der Waals surface area contributed by atoms with Gasteiger partial charge in [0.25, 0.3) is 6.43 Å². The van der Waals surface area contributed by atoms with Crippen molar-refractivity contribution in [2.75, 3.05) is 20.1 Å². The van der Waals surface area contributed by atoms with Crippen molar-refractivity contribution in [2.24, 2.45) is 5.92 Å². The summed E-state index contributed by atoms with van der Waals surface area (Å²) in [6.07, 6.45) is -1.97. The van der Waals surface area contributed by atoms with Crippen molar-refractivity contribution < 1.29 is 13.9 Å². The molecule has 4 heteroatoms. The van der Waals surface area contributed by atoms with Crippen LogP contribution in [-0.2, 0) is 0 Å². The minimum Gasteiger partial charge on any atom is -0.392 e. The lowest BCUT2D eigenvalue weighted by Gasteiger charge is -2.23. The molecular formula is C9H19F2NO. The van der Waals surface area contributed by atoms with Crippen LogP contribution in [0.3, 0.4) is 0 Å². The van der Waals surface area contributed by atoms with Gasteiger partial charge in [-0.15, -0.1) is 0 Å². The standard InChI is InChI=1S/C9H19F2NO/c1-4-7(2)8(13)5-12(3)6-9(10)11/h7-9,13H,4-6H2,1-3H3. The van der Waals surface area contributed by atoms with E-state index >= 15 is 0 Å². The summed E-state index contributed by atoms with van der Waals surface area (Å²) in [4.78, 5) is 1.46. The number of aliphatic hydroxyl groups is 1. The van der Waals surface area contributed by atoms with Crippen LogP contribution in [-0.4, -0.2) is 42.7 Å². The van der Waals surface area contributed by atoms with E-state index in [-0.39, 0.29) is 12.5 Å². The Labute approximate surface area is 78.5 Å². The molecule has 0 rings (SSSR count). The Morgan fingerprint density at radius 2 is 1.85 bits per heavy atom. The first-order valence-electron chi connectivity index (χ1n) is 4.62. The van der Waals surface area contributed by atoms with E-state index in [2.05, 4.69) is 0 Å². The molecule has 1 N–H and O–H groups in total. The zero-order chi connectivity index (χ0) is 10.4. The molecule has 0 aromatic carbocycles. The smallest absolute Gasteiger partial charge is 0.251 e. The molecule has 0 aliphatic rings. The van der Waals surface area contributed by atoms with Crippen molar-refractivity contribution >= 4 is 0 Å². The summed E-state index contributed by atoms with van der Waals surface area (Å²) in [5, 5.41) is 9.51. The van der Waals surface area contributed by atoms with Crippen LogP contribution in [0.4, 0.5) is 8.78 Å². The van der Waals surface area contributed by atoms with Crippen molar-refractivity contribution in [3.63, 3.8) is 0 Å². The number of likely N-dealkylation sites (N-methyl/N-ethyl adjacent to an activating group) is 1. The van der Waals surface area contributed by atoms with Gasteiger partial charge in [-0.2, -0.15) is 0 Å². The van der Waals surface area contributed by atoms with Gasteiger partial charge in [0.1, 0.15) is 0 Å². The van der Waals surface area contributed by atoms with E-state index in [1.807, 2.05) is 13.8 Å². The van der Waals surface area contributed by atoms with Gasteiger partial charge in [0.05, 0.1) is 12.6 Å². The number of alkyl halides is 2. The van der Waals surface area contributed by atoms with Crippen LogP contribution in [0.2, 0.25) is 0 Å². The Kier molecular flexibility index (Phi) is 6.16. The third-order valence-corrected chi connectivity index (χ3v) is 2.25. The molecule has 0 heterocycles. The third-order valence-electron chi connectivity index (χ3n) is 2.25. The van der Waals surface area contributed by atoms with Gasteiger partial charge >= 0.3 is 0 Å². The Balaban J connectivity index is 3.70. The van der Waals surface area contributed by atoms with Gasteiger partial charge in [-0.05, 0) is 13.0 Å². The van der Waals surface area contributed by atoms with Gasteiger partial charge in [0.2, 0.25) is 0 Å². The fourth-order valence-electron chi connectivity index (χ4n) is 1.08. The number of nitrogens with zero attached hydrogens (tertiary/aromatic N) is 1. The maximum absolute atomic E-state index is 11.9. The van der Waals surface area contributed by atoms with Crippen LogP contribution >= 0.6 is 0 Å². The summed E-state index contributed by atoms with van der Waals surface area (Å²) in [5.74, 6) is 0.167. The van der Waals surface area contributed by atoms with Crippen LogP contribution < -0.4 is 0 Å². The molecule has 2 atom stereocenters. The van der Waals surface area contributed by atoms with Crippen LogP contribution in [0.1, 0.15) is 20.3 Å². The normalized spacial score (nSPS) is 16.6. The van der Waals surface area contributed by atoms with Crippen molar-refractivity contribution in [1.29, 1.82) is 0 Å². The molecule has 2 unspecified atom stereocenters. The average Bonchev–Trinajstić information content (AvgIpc) is 2.01. The van der Waals surface area contributed by atoms with Gasteiger partial charge in [-0.1, -0.05) is 20.3 Å². The van der Waals surface area contributed by atoms with E-state index in [0.29, 0.717) is 6.54 Å². The highest BCUT2D eigenvalue weighted by Crippen LogP contribution is 2.08. The SMILES string of the molecule is CCC(C)C(O)CN(C)CC(F)F. The van der Waals surface area contributed by atoms with Crippen molar-refractivity contribution in [3.8, 4) is 0 Å². The van der Waals surface area contributed by atoms with Gasteiger partial charge in [-0.25, -0.2) is 8.78 Å². The van der Waals surface area contributed by atoms with E-state index in [0.717, 1.165) is 6.42 Å². The van der Waals surface area contributed by atoms with Crippen LogP contribution in [0.15, 0.2) is 0 Å². The van der Waals surface area contributed by atoms with E-state index in [4.69, 9.17) is 0 Å². The average molecular weight is 195 g/mol. The lowest BCUT2D eigenvalue weighted by molar-refractivity contribution is 0.0460. The number of halogens is 2. The number of hydrogen-bond donors (Lipinski definition) is 1. The highest BCUT2D eigenvalue weighted by atomic mass is 19.3. The second-order valence-corrected chi connectivity index (χ2v) is 3.57. The molecule has 0 fully saturated rings. The largest absolute Gasteiger partial charge is 0.392 e. The molecule has 0 amide bonds. The van der Waals surface area contributed by atoms with Gasteiger partial charge in [0, 0.05) is 6.54 Å². The predicted molar refractivity (Wildman–Crippen MR) is 49.0 cm³/mol. The molecular weight excluding hydrogens is 176 g/mol. The Bertz CT molecular complexity index is 133. The quantitative estimate of drug-likeness (QED) is 0.695. The monoisotopic (exact) mass is 195 g/mol. The molecule has 0 aromatic rings. The third kappa shape index (κ3) is 5.93. The molecule has 0 spiro atoms. The maximum atomic E-state index is 11.9. The molecule has 2 nitrogen and oxygen atoms in total. The van der Waals surface area contributed by atoms with Gasteiger partial charge in [0.15, 0.2) is 0 Å². The molecule has 0 aliphatic carbocycles. The summed E-state index contributed by atoms with van der Waals surface area (Å²) in [5.41, 5.74) is 0. The molecule has 13 heavy (non-hydrogen) atoms. The minimum atomic E-state index is -2.32. The fraction of sp³-hybridized carbons (Fsp3) is 1.00. The molecule has 0 aliphatic heterocycles. The lowest BCUT2D eigenvalue weighted by atomic mass is 10.0. The van der Waals surface area contributed by atoms with Crippen molar-refractivity contribution in [1.82, 2.24) is 4.90 Å². The number of aliphatic hydroxyl groups excluding tert-OH is 1. The van der Waals surface area contributed by atoms with Gasteiger partial charge < -0.3 is 5.11 Å². The molecule has 0 saturated carbocycles. The number of rotatable bonds is 6. The second kappa shape index (κ2) is 6.27. The minimum absolute atomic E-state index is 0.167. The van der Waals surface area contributed by atoms with E-state index in [1.54, 1.807) is 7.05 Å².